The Labute approximate surface area is 114 Å². The minimum Gasteiger partial charge on any atom is -0.497 e. The predicted octanol–water partition coefficient (Wildman–Crippen LogP) is 3.03. The van der Waals surface area contributed by atoms with Gasteiger partial charge in [0.1, 0.15) is 5.75 Å². The molecule has 0 aliphatic rings. The predicted molar refractivity (Wildman–Crippen MR) is 77.2 cm³/mol. The van der Waals surface area contributed by atoms with Gasteiger partial charge in [-0.3, -0.25) is 4.98 Å². The SMILES string of the molecule is COc1ccc(CCC(N)c2cc(C)ccn2)cc1. The fourth-order valence-electron chi connectivity index (χ4n) is 2.02. The molecule has 0 aliphatic heterocycles. The second kappa shape index (κ2) is 6.34. The van der Waals surface area contributed by atoms with E-state index in [1.807, 2.05) is 24.4 Å². The Bertz CT molecular complexity index is 523. The third-order valence-electron chi connectivity index (χ3n) is 3.22. The lowest BCUT2D eigenvalue weighted by Gasteiger charge is -2.11. The molecule has 0 radical (unpaired) electrons. The number of nitrogens with two attached hydrogens (primary N) is 1. The zero-order chi connectivity index (χ0) is 13.7. The summed E-state index contributed by atoms with van der Waals surface area (Å²) in [6.07, 6.45) is 3.65. The van der Waals surface area contributed by atoms with Crippen molar-refractivity contribution in [3.63, 3.8) is 0 Å². The molecule has 0 spiro atoms. The van der Waals surface area contributed by atoms with Crippen LogP contribution in [-0.4, -0.2) is 12.1 Å². The third kappa shape index (κ3) is 3.80. The highest BCUT2D eigenvalue weighted by Gasteiger charge is 2.07. The van der Waals surface area contributed by atoms with Crippen molar-refractivity contribution in [2.75, 3.05) is 7.11 Å². The van der Waals surface area contributed by atoms with Crippen LogP contribution in [0.4, 0.5) is 0 Å². The Kier molecular flexibility index (Phi) is 4.53. The molecule has 1 atom stereocenters. The van der Waals surface area contributed by atoms with Crippen LogP contribution in [0.15, 0.2) is 42.6 Å². The van der Waals surface area contributed by atoms with Crippen LogP contribution in [0.3, 0.4) is 0 Å². The number of ether oxygens (including phenoxy) is 1. The van der Waals surface area contributed by atoms with E-state index in [9.17, 15) is 0 Å². The quantitative estimate of drug-likeness (QED) is 0.894. The molecule has 2 rings (SSSR count). The normalized spacial score (nSPS) is 12.2. The lowest BCUT2D eigenvalue weighted by Crippen LogP contribution is -2.13. The number of aromatic nitrogens is 1. The van der Waals surface area contributed by atoms with Gasteiger partial charge in [0, 0.05) is 12.2 Å². The third-order valence-corrected chi connectivity index (χ3v) is 3.22. The lowest BCUT2D eigenvalue weighted by atomic mass is 10.0. The summed E-state index contributed by atoms with van der Waals surface area (Å²) < 4.78 is 5.14. The fourth-order valence-corrected chi connectivity index (χ4v) is 2.02. The highest BCUT2D eigenvalue weighted by molar-refractivity contribution is 5.27. The summed E-state index contributed by atoms with van der Waals surface area (Å²) >= 11 is 0. The Hall–Kier alpha value is -1.87. The van der Waals surface area contributed by atoms with Crippen molar-refractivity contribution < 1.29 is 4.74 Å². The number of benzene rings is 1. The van der Waals surface area contributed by atoms with Gasteiger partial charge in [-0.25, -0.2) is 0 Å². The molecule has 0 bridgehead atoms. The van der Waals surface area contributed by atoms with Crippen molar-refractivity contribution in [2.45, 2.75) is 25.8 Å². The molecule has 0 fully saturated rings. The molecule has 1 aromatic carbocycles. The Morgan fingerprint density at radius 3 is 2.58 bits per heavy atom. The number of aryl methyl sites for hydroxylation is 2. The van der Waals surface area contributed by atoms with Crippen LogP contribution < -0.4 is 10.5 Å². The molecule has 1 aromatic heterocycles. The first kappa shape index (κ1) is 13.6. The number of methoxy groups -OCH3 is 1. The van der Waals surface area contributed by atoms with Crippen LogP contribution in [0.25, 0.3) is 0 Å². The van der Waals surface area contributed by atoms with Crippen molar-refractivity contribution in [2.24, 2.45) is 5.73 Å². The number of pyridine rings is 1. The summed E-state index contributed by atoms with van der Waals surface area (Å²) in [6.45, 7) is 2.06. The Morgan fingerprint density at radius 2 is 1.95 bits per heavy atom. The van der Waals surface area contributed by atoms with Crippen molar-refractivity contribution >= 4 is 0 Å². The summed E-state index contributed by atoms with van der Waals surface area (Å²) in [6, 6.07) is 12.1. The van der Waals surface area contributed by atoms with Crippen LogP contribution in [0.1, 0.15) is 29.3 Å². The van der Waals surface area contributed by atoms with Crippen LogP contribution in [0.5, 0.6) is 5.75 Å². The van der Waals surface area contributed by atoms with Gasteiger partial charge in [0.05, 0.1) is 12.8 Å². The topological polar surface area (TPSA) is 48.1 Å². The number of hydrogen-bond donors (Lipinski definition) is 1. The molecule has 0 saturated carbocycles. The van der Waals surface area contributed by atoms with Gasteiger partial charge in [0.15, 0.2) is 0 Å². The summed E-state index contributed by atoms with van der Waals surface area (Å²) in [7, 11) is 1.67. The molecule has 0 amide bonds. The first-order valence-corrected chi connectivity index (χ1v) is 6.50. The average Bonchev–Trinajstić information content (AvgIpc) is 2.45. The van der Waals surface area contributed by atoms with Gasteiger partial charge in [-0.15, -0.1) is 0 Å². The molecular weight excluding hydrogens is 236 g/mol. The summed E-state index contributed by atoms with van der Waals surface area (Å²) in [4.78, 5) is 4.33. The standard InChI is InChI=1S/C16H20N2O/c1-12-9-10-18-16(11-12)15(17)8-5-13-3-6-14(19-2)7-4-13/h3-4,6-7,9-11,15H,5,8,17H2,1-2H3. The van der Waals surface area contributed by atoms with E-state index in [0.717, 1.165) is 24.3 Å². The van der Waals surface area contributed by atoms with Gasteiger partial charge in [0.25, 0.3) is 0 Å². The highest BCUT2D eigenvalue weighted by Crippen LogP contribution is 2.17. The van der Waals surface area contributed by atoms with Gasteiger partial charge < -0.3 is 10.5 Å². The average molecular weight is 256 g/mol. The summed E-state index contributed by atoms with van der Waals surface area (Å²) in [5.41, 5.74) is 9.61. The van der Waals surface area contributed by atoms with Gasteiger partial charge in [-0.1, -0.05) is 12.1 Å². The molecule has 3 nitrogen and oxygen atoms in total. The Balaban J connectivity index is 1.94. The number of nitrogens with zero attached hydrogens (tertiary/aromatic N) is 1. The van der Waals surface area contributed by atoms with Gasteiger partial charge >= 0.3 is 0 Å². The minimum absolute atomic E-state index is 0.0120. The number of rotatable bonds is 5. The molecule has 2 N–H and O–H groups in total. The van der Waals surface area contributed by atoms with Crippen molar-refractivity contribution in [3.8, 4) is 5.75 Å². The molecule has 0 saturated heterocycles. The smallest absolute Gasteiger partial charge is 0.118 e. The van der Waals surface area contributed by atoms with Gasteiger partial charge in [-0.2, -0.15) is 0 Å². The highest BCUT2D eigenvalue weighted by atomic mass is 16.5. The number of hydrogen-bond acceptors (Lipinski definition) is 3. The second-order valence-corrected chi connectivity index (χ2v) is 4.75. The molecular formula is C16H20N2O. The molecule has 100 valence electrons. The molecule has 3 heteroatoms. The summed E-state index contributed by atoms with van der Waals surface area (Å²) in [5, 5.41) is 0. The first-order valence-electron chi connectivity index (χ1n) is 6.50. The van der Waals surface area contributed by atoms with E-state index in [0.29, 0.717) is 0 Å². The van der Waals surface area contributed by atoms with Crippen molar-refractivity contribution in [3.05, 3.63) is 59.4 Å². The van der Waals surface area contributed by atoms with E-state index < -0.39 is 0 Å². The molecule has 1 heterocycles. The van der Waals surface area contributed by atoms with Crippen LogP contribution in [-0.2, 0) is 6.42 Å². The molecule has 0 aliphatic carbocycles. The monoisotopic (exact) mass is 256 g/mol. The maximum absolute atomic E-state index is 6.18. The molecule has 19 heavy (non-hydrogen) atoms. The van der Waals surface area contributed by atoms with Crippen LogP contribution in [0, 0.1) is 6.92 Å². The van der Waals surface area contributed by atoms with E-state index in [4.69, 9.17) is 10.5 Å². The molecule has 1 unspecified atom stereocenters. The van der Waals surface area contributed by atoms with Crippen LogP contribution >= 0.6 is 0 Å². The van der Waals surface area contributed by atoms with Crippen LogP contribution in [0.2, 0.25) is 0 Å². The van der Waals surface area contributed by atoms with E-state index in [-0.39, 0.29) is 6.04 Å². The lowest BCUT2D eigenvalue weighted by molar-refractivity contribution is 0.414. The zero-order valence-electron chi connectivity index (χ0n) is 11.5. The van der Waals surface area contributed by atoms with E-state index in [1.165, 1.54) is 11.1 Å². The Morgan fingerprint density at radius 1 is 1.21 bits per heavy atom. The maximum atomic E-state index is 6.18. The maximum Gasteiger partial charge on any atom is 0.118 e. The van der Waals surface area contributed by atoms with Crippen molar-refractivity contribution in [1.29, 1.82) is 0 Å². The largest absolute Gasteiger partial charge is 0.497 e. The fraction of sp³-hybridized carbons (Fsp3) is 0.312. The second-order valence-electron chi connectivity index (χ2n) is 4.75. The first-order chi connectivity index (χ1) is 9.19. The summed E-state index contributed by atoms with van der Waals surface area (Å²) in [5.74, 6) is 0.883. The van der Waals surface area contributed by atoms with E-state index in [1.54, 1.807) is 7.11 Å². The van der Waals surface area contributed by atoms with E-state index >= 15 is 0 Å². The van der Waals surface area contributed by atoms with E-state index in [2.05, 4.69) is 30.1 Å². The minimum atomic E-state index is -0.0120. The van der Waals surface area contributed by atoms with Gasteiger partial charge in [-0.05, 0) is 55.2 Å². The van der Waals surface area contributed by atoms with Gasteiger partial charge in [0.2, 0.25) is 0 Å². The molecule has 2 aromatic rings. The zero-order valence-corrected chi connectivity index (χ0v) is 11.5. The van der Waals surface area contributed by atoms with Crippen molar-refractivity contribution in [1.82, 2.24) is 4.98 Å².